The Kier molecular flexibility index (Phi) is 6.47. The maximum absolute atomic E-state index is 11.8. The molecule has 5 nitrogen and oxygen atoms in total. The largest absolute Gasteiger partial charge is 0.463 e. The Bertz CT molecular complexity index is 233. The highest BCUT2D eigenvalue weighted by Gasteiger charge is 2.34. The molecule has 5 heteroatoms. The third-order valence-electron chi connectivity index (χ3n) is 2.63. The standard InChI is InChI=1S/C12H23NO4/c1-4-13-11-8-15-7-10(11)12(14)17-6-5-16-9(2)3/h9-11,13H,4-8H2,1-3H3. The highest BCUT2D eigenvalue weighted by atomic mass is 16.6. The molecular weight excluding hydrogens is 222 g/mol. The molecule has 1 N–H and O–H groups in total. The van der Waals surface area contributed by atoms with Crippen LogP contribution in [0.5, 0.6) is 0 Å². The van der Waals surface area contributed by atoms with E-state index in [-0.39, 0.29) is 24.0 Å². The normalized spacial score (nSPS) is 24.2. The Morgan fingerprint density at radius 2 is 2.18 bits per heavy atom. The summed E-state index contributed by atoms with van der Waals surface area (Å²) in [6.07, 6.45) is 0.165. The van der Waals surface area contributed by atoms with Crippen LogP contribution in [0.2, 0.25) is 0 Å². The molecule has 1 aliphatic heterocycles. The van der Waals surface area contributed by atoms with Crippen LogP contribution < -0.4 is 5.32 Å². The van der Waals surface area contributed by atoms with Crippen molar-refractivity contribution >= 4 is 5.97 Å². The Labute approximate surface area is 103 Å². The lowest BCUT2D eigenvalue weighted by Gasteiger charge is -2.17. The monoisotopic (exact) mass is 245 g/mol. The van der Waals surface area contributed by atoms with Crippen LogP contribution in [-0.4, -0.2) is 51.1 Å². The van der Waals surface area contributed by atoms with Gasteiger partial charge in [0.2, 0.25) is 0 Å². The van der Waals surface area contributed by atoms with E-state index in [0.717, 1.165) is 6.54 Å². The van der Waals surface area contributed by atoms with E-state index in [1.54, 1.807) is 0 Å². The topological polar surface area (TPSA) is 56.8 Å². The first kappa shape index (κ1) is 14.4. The summed E-state index contributed by atoms with van der Waals surface area (Å²) in [5.74, 6) is -0.380. The maximum atomic E-state index is 11.8. The van der Waals surface area contributed by atoms with Crippen LogP contribution in [0.1, 0.15) is 20.8 Å². The first-order valence-corrected chi connectivity index (χ1v) is 6.24. The molecule has 0 amide bonds. The zero-order chi connectivity index (χ0) is 12.7. The summed E-state index contributed by atoms with van der Waals surface area (Å²) in [4.78, 5) is 11.8. The number of carbonyl (C=O) groups excluding carboxylic acids is 1. The number of rotatable bonds is 7. The maximum Gasteiger partial charge on any atom is 0.313 e. The van der Waals surface area contributed by atoms with Crippen molar-refractivity contribution < 1.29 is 19.0 Å². The molecular formula is C12H23NO4. The molecule has 1 fully saturated rings. The summed E-state index contributed by atoms with van der Waals surface area (Å²) in [6, 6.07) is 0.0820. The summed E-state index contributed by atoms with van der Waals surface area (Å²) in [6.45, 7) is 8.53. The van der Waals surface area contributed by atoms with Gasteiger partial charge in [-0.15, -0.1) is 0 Å². The van der Waals surface area contributed by atoms with Gasteiger partial charge in [-0.1, -0.05) is 6.92 Å². The predicted molar refractivity (Wildman–Crippen MR) is 63.8 cm³/mol. The average Bonchev–Trinajstić information content (AvgIpc) is 2.72. The van der Waals surface area contributed by atoms with Crippen LogP contribution in [0.25, 0.3) is 0 Å². The van der Waals surface area contributed by atoms with Crippen LogP contribution in [0.4, 0.5) is 0 Å². The van der Waals surface area contributed by atoms with Gasteiger partial charge in [-0.25, -0.2) is 0 Å². The van der Waals surface area contributed by atoms with E-state index in [1.165, 1.54) is 0 Å². The lowest BCUT2D eigenvalue weighted by atomic mass is 10.0. The minimum atomic E-state index is -0.194. The van der Waals surface area contributed by atoms with Crippen molar-refractivity contribution in [2.24, 2.45) is 5.92 Å². The molecule has 1 saturated heterocycles. The Balaban J connectivity index is 2.22. The Morgan fingerprint density at radius 1 is 1.41 bits per heavy atom. The highest BCUT2D eigenvalue weighted by molar-refractivity contribution is 5.73. The van der Waals surface area contributed by atoms with Gasteiger partial charge in [-0.2, -0.15) is 0 Å². The van der Waals surface area contributed by atoms with Crippen molar-refractivity contribution in [3.8, 4) is 0 Å². The fraction of sp³-hybridized carbons (Fsp3) is 0.917. The lowest BCUT2D eigenvalue weighted by molar-refractivity contribution is -0.151. The predicted octanol–water partition coefficient (Wildman–Crippen LogP) is 0.579. The molecule has 100 valence electrons. The second-order valence-corrected chi connectivity index (χ2v) is 4.40. The summed E-state index contributed by atoms with van der Waals surface area (Å²) in [5.41, 5.74) is 0. The van der Waals surface area contributed by atoms with Crippen molar-refractivity contribution in [1.29, 1.82) is 0 Å². The molecule has 0 bridgehead atoms. The van der Waals surface area contributed by atoms with E-state index in [2.05, 4.69) is 5.32 Å². The smallest absolute Gasteiger partial charge is 0.313 e. The van der Waals surface area contributed by atoms with Crippen molar-refractivity contribution in [2.45, 2.75) is 32.9 Å². The van der Waals surface area contributed by atoms with Gasteiger partial charge in [0.05, 0.1) is 31.8 Å². The fourth-order valence-electron chi connectivity index (χ4n) is 1.78. The molecule has 2 atom stereocenters. The second kappa shape index (κ2) is 7.63. The fourth-order valence-corrected chi connectivity index (χ4v) is 1.78. The second-order valence-electron chi connectivity index (χ2n) is 4.40. The van der Waals surface area contributed by atoms with E-state index in [0.29, 0.717) is 26.4 Å². The van der Waals surface area contributed by atoms with Crippen LogP contribution in [0.15, 0.2) is 0 Å². The van der Waals surface area contributed by atoms with Gasteiger partial charge in [0.1, 0.15) is 6.61 Å². The molecule has 1 aliphatic rings. The molecule has 0 aliphatic carbocycles. The van der Waals surface area contributed by atoms with Gasteiger partial charge in [-0.3, -0.25) is 4.79 Å². The van der Waals surface area contributed by atoms with Gasteiger partial charge in [0.15, 0.2) is 0 Å². The van der Waals surface area contributed by atoms with Crippen molar-refractivity contribution in [3.63, 3.8) is 0 Å². The molecule has 0 aromatic heterocycles. The minimum absolute atomic E-state index is 0.0820. The number of esters is 1. The first-order chi connectivity index (χ1) is 8.15. The zero-order valence-corrected chi connectivity index (χ0v) is 10.9. The Hall–Kier alpha value is -0.650. The number of likely N-dealkylation sites (N-methyl/N-ethyl adjacent to an activating group) is 1. The SMILES string of the molecule is CCNC1COCC1C(=O)OCCOC(C)C. The van der Waals surface area contributed by atoms with Crippen LogP contribution >= 0.6 is 0 Å². The van der Waals surface area contributed by atoms with Crippen molar-refractivity contribution in [2.75, 3.05) is 33.0 Å². The van der Waals surface area contributed by atoms with Gasteiger partial charge in [0, 0.05) is 6.04 Å². The summed E-state index contributed by atoms with van der Waals surface area (Å²) in [5, 5.41) is 3.23. The average molecular weight is 245 g/mol. The summed E-state index contributed by atoms with van der Waals surface area (Å²) in [7, 11) is 0. The highest BCUT2D eigenvalue weighted by Crippen LogP contribution is 2.15. The Morgan fingerprint density at radius 3 is 2.82 bits per heavy atom. The molecule has 2 unspecified atom stereocenters. The molecule has 1 rings (SSSR count). The van der Waals surface area contributed by atoms with Crippen molar-refractivity contribution in [3.05, 3.63) is 0 Å². The minimum Gasteiger partial charge on any atom is -0.463 e. The molecule has 0 spiro atoms. The first-order valence-electron chi connectivity index (χ1n) is 6.24. The quantitative estimate of drug-likeness (QED) is 0.525. The van der Waals surface area contributed by atoms with Gasteiger partial charge in [-0.05, 0) is 20.4 Å². The number of hydrogen-bond donors (Lipinski definition) is 1. The van der Waals surface area contributed by atoms with Gasteiger partial charge in [0.25, 0.3) is 0 Å². The van der Waals surface area contributed by atoms with E-state index in [9.17, 15) is 4.79 Å². The third kappa shape index (κ3) is 5.02. The van der Waals surface area contributed by atoms with E-state index >= 15 is 0 Å². The molecule has 0 radical (unpaired) electrons. The number of ether oxygens (including phenoxy) is 3. The van der Waals surface area contributed by atoms with E-state index in [4.69, 9.17) is 14.2 Å². The summed E-state index contributed by atoms with van der Waals surface area (Å²) >= 11 is 0. The van der Waals surface area contributed by atoms with Gasteiger partial charge < -0.3 is 19.5 Å². The van der Waals surface area contributed by atoms with Crippen LogP contribution in [0.3, 0.4) is 0 Å². The lowest BCUT2D eigenvalue weighted by Crippen LogP contribution is -2.40. The number of carbonyl (C=O) groups is 1. The third-order valence-corrected chi connectivity index (χ3v) is 2.63. The van der Waals surface area contributed by atoms with E-state index in [1.807, 2.05) is 20.8 Å². The zero-order valence-electron chi connectivity index (χ0n) is 10.9. The van der Waals surface area contributed by atoms with Gasteiger partial charge >= 0.3 is 5.97 Å². The van der Waals surface area contributed by atoms with E-state index < -0.39 is 0 Å². The molecule has 0 saturated carbocycles. The molecule has 0 aromatic rings. The molecule has 17 heavy (non-hydrogen) atoms. The van der Waals surface area contributed by atoms with Crippen LogP contribution in [-0.2, 0) is 19.0 Å². The van der Waals surface area contributed by atoms with Crippen molar-refractivity contribution in [1.82, 2.24) is 5.32 Å². The molecule has 0 aromatic carbocycles. The van der Waals surface area contributed by atoms with Crippen LogP contribution in [0, 0.1) is 5.92 Å². The number of hydrogen-bond acceptors (Lipinski definition) is 5. The summed E-state index contributed by atoms with van der Waals surface area (Å²) < 4.78 is 15.8. The number of nitrogens with one attached hydrogen (secondary N) is 1. The molecule has 1 heterocycles.